The lowest BCUT2D eigenvalue weighted by atomic mass is 9.91. The van der Waals surface area contributed by atoms with Crippen LogP contribution in [-0.2, 0) is 4.74 Å². The van der Waals surface area contributed by atoms with Crippen molar-refractivity contribution < 1.29 is 4.74 Å². The first-order chi connectivity index (χ1) is 5.77. The van der Waals surface area contributed by atoms with Crippen LogP contribution in [0.25, 0.3) is 0 Å². The van der Waals surface area contributed by atoms with Crippen molar-refractivity contribution in [1.29, 1.82) is 0 Å². The highest BCUT2D eigenvalue weighted by atomic mass is 31.0. The van der Waals surface area contributed by atoms with Crippen LogP contribution in [0, 0.1) is 5.41 Å². The van der Waals surface area contributed by atoms with Gasteiger partial charge in [-0.25, -0.2) is 0 Å². The minimum Gasteiger partial charge on any atom is -0.504 e. The van der Waals surface area contributed by atoms with Gasteiger partial charge in [0, 0.05) is 18.5 Å². The van der Waals surface area contributed by atoms with E-state index >= 15 is 0 Å². The number of methoxy groups -OCH3 is 1. The molecule has 1 heterocycles. The first-order valence-corrected chi connectivity index (χ1v) is 5.00. The van der Waals surface area contributed by atoms with Crippen LogP contribution in [0.1, 0.15) is 19.3 Å². The van der Waals surface area contributed by atoms with E-state index in [0.29, 0.717) is 5.41 Å². The molecule has 2 rings (SSSR count). The second kappa shape index (κ2) is 3.01. The quantitative estimate of drug-likeness (QED) is 0.456. The minimum absolute atomic E-state index is 0.510. The Morgan fingerprint density at radius 1 is 1.58 bits per heavy atom. The Hall–Kier alpha value is -0.0700. The van der Waals surface area contributed by atoms with Crippen molar-refractivity contribution >= 4 is 9.39 Å². The molecule has 1 aliphatic carbocycles. The number of ether oxygens (including phenoxy) is 1. The monoisotopic (exact) mass is 185 g/mol. The third-order valence-corrected chi connectivity index (χ3v) is 3.41. The zero-order valence-corrected chi connectivity index (χ0v) is 8.70. The maximum absolute atomic E-state index is 5.10. The van der Waals surface area contributed by atoms with Gasteiger partial charge in [-0.2, -0.15) is 0 Å². The zero-order valence-electron chi connectivity index (χ0n) is 7.55. The van der Waals surface area contributed by atoms with Crippen LogP contribution < -0.4 is 0 Å². The van der Waals surface area contributed by atoms with Gasteiger partial charge in [-0.15, -0.1) is 0 Å². The smallest absolute Gasteiger partial charge is 0.0823 e. The summed E-state index contributed by atoms with van der Waals surface area (Å²) in [5.74, 6) is 0. The Morgan fingerprint density at radius 2 is 2.33 bits per heavy atom. The molecule has 1 unspecified atom stereocenters. The molecule has 0 bridgehead atoms. The van der Waals surface area contributed by atoms with E-state index in [1.165, 1.54) is 31.4 Å². The molecule has 1 saturated heterocycles. The van der Waals surface area contributed by atoms with Crippen molar-refractivity contribution in [3.05, 3.63) is 11.8 Å². The molecular weight excluding hydrogens is 169 g/mol. The highest BCUT2D eigenvalue weighted by Crippen LogP contribution is 2.55. The first kappa shape index (κ1) is 8.52. The van der Waals surface area contributed by atoms with Gasteiger partial charge < -0.3 is 4.74 Å². The molecule has 0 N–H and O–H groups in total. The molecule has 1 saturated carbocycles. The normalized spacial score (nSPS) is 31.0. The van der Waals surface area contributed by atoms with Gasteiger partial charge in [0.1, 0.15) is 0 Å². The van der Waals surface area contributed by atoms with Gasteiger partial charge in [0.2, 0.25) is 0 Å². The molecule has 2 nitrogen and oxygen atoms in total. The lowest BCUT2D eigenvalue weighted by Crippen LogP contribution is -2.31. The third kappa shape index (κ3) is 1.38. The fourth-order valence-corrected chi connectivity index (χ4v) is 2.53. The first-order valence-electron chi connectivity index (χ1n) is 4.49. The highest BCUT2D eigenvalue weighted by molar-refractivity contribution is 7.13. The van der Waals surface area contributed by atoms with E-state index in [2.05, 4.69) is 14.1 Å². The van der Waals surface area contributed by atoms with Gasteiger partial charge in [0.15, 0.2) is 0 Å². The van der Waals surface area contributed by atoms with Crippen molar-refractivity contribution in [2.45, 2.75) is 19.3 Å². The summed E-state index contributed by atoms with van der Waals surface area (Å²) in [5, 5.41) is 0. The number of piperidine rings is 1. The second-order valence-corrected chi connectivity index (χ2v) is 4.61. The molecule has 0 aromatic heterocycles. The van der Waals surface area contributed by atoms with Crippen LogP contribution in [0.15, 0.2) is 11.8 Å². The Kier molecular flexibility index (Phi) is 2.14. The van der Waals surface area contributed by atoms with E-state index < -0.39 is 0 Å². The Bertz CT molecular complexity index is 211. The average Bonchev–Trinajstić information content (AvgIpc) is 2.77. The van der Waals surface area contributed by atoms with Crippen LogP contribution in [0.5, 0.6) is 0 Å². The SMILES string of the molecule is CO/C=C1\CCN(P)CC12CC2. The molecule has 0 aromatic rings. The van der Waals surface area contributed by atoms with Gasteiger partial charge in [0.25, 0.3) is 0 Å². The number of hydrogen-bond donors (Lipinski definition) is 0. The van der Waals surface area contributed by atoms with Crippen LogP contribution in [-0.4, -0.2) is 24.9 Å². The van der Waals surface area contributed by atoms with Crippen molar-refractivity contribution in [3.8, 4) is 0 Å². The molecule has 2 aliphatic rings. The summed E-state index contributed by atoms with van der Waals surface area (Å²) in [5.41, 5.74) is 2.04. The fourth-order valence-electron chi connectivity index (χ4n) is 2.05. The topological polar surface area (TPSA) is 12.5 Å². The molecule has 0 amide bonds. The minimum atomic E-state index is 0.510. The summed E-state index contributed by atoms with van der Waals surface area (Å²) in [4.78, 5) is 0. The Balaban J connectivity index is 2.10. The molecule has 1 aliphatic heterocycles. The summed E-state index contributed by atoms with van der Waals surface area (Å²) in [6.07, 6.45) is 5.85. The zero-order chi connectivity index (χ0) is 8.60. The van der Waals surface area contributed by atoms with E-state index in [1.54, 1.807) is 7.11 Å². The highest BCUT2D eigenvalue weighted by Gasteiger charge is 2.48. The largest absolute Gasteiger partial charge is 0.504 e. The summed E-state index contributed by atoms with van der Waals surface area (Å²) in [7, 11) is 4.55. The maximum Gasteiger partial charge on any atom is 0.0823 e. The van der Waals surface area contributed by atoms with Crippen LogP contribution in [0.2, 0.25) is 0 Å². The van der Waals surface area contributed by atoms with Crippen LogP contribution in [0.4, 0.5) is 0 Å². The summed E-state index contributed by atoms with van der Waals surface area (Å²) in [6.45, 7) is 2.36. The van der Waals surface area contributed by atoms with Crippen molar-refractivity contribution in [1.82, 2.24) is 4.67 Å². The molecular formula is C9H16NOP. The van der Waals surface area contributed by atoms with Gasteiger partial charge >= 0.3 is 0 Å². The molecule has 68 valence electrons. The number of rotatable bonds is 1. The molecule has 1 atom stereocenters. The summed E-state index contributed by atoms with van der Waals surface area (Å²) < 4.78 is 7.45. The predicted octanol–water partition coefficient (Wildman–Crippen LogP) is 1.79. The van der Waals surface area contributed by atoms with Crippen molar-refractivity contribution in [2.75, 3.05) is 20.2 Å². The lowest BCUT2D eigenvalue weighted by molar-refractivity contribution is 0.291. The average molecular weight is 185 g/mol. The van der Waals surface area contributed by atoms with Crippen molar-refractivity contribution in [3.63, 3.8) is 0 Å². The van der Waals surface area contributed by atoms with Gasteiger partial charge in [-0.1, -0.05) is 9.39 Å². The van der Waals surface area contributed by atoms with Crippen molar-refractivity contribution in [2.24, 2.45) is 5.41 Å². The molecule has 3 heteroatoms. The van der Waals surface area contributed by atoms with Gasteiger partial charge in [0.05, 0.1) is 13.4 Å². The molecule has 0 aromatic carbocycles. The lowest BCUT2D eigenvalue weighted by Gasteiger charge is -2.31. The molecule has 2 fully saturated rings. The van der Waals surface area contributed by atoms with E-state index in [1.807, 2.05) is 6.26 Å². The molecule has 12 heavy (non-hydrogen) atoms. The Labute approximate surface area is 76.2 Å². The predicted molar refractivity (Wildman–Crippen MR) is 52.7 cm³/mol. The standard InChI is InChI=1S/C9H16NOP/c1-11-6-8-2-5-10(12)7-9(8)3-4-9/h6H,2-5,7,12H2,1H3/b8-6+. The fraction of sp³-hybridized carbons (Fsp3) is 0.778. The number of hydrogen-bond acceptors (Lipinski definition) is 2. The molecule has 0 radical (unpaired) electrons. The van der Waals surface area contributed by atoms with E-state index in [0.717, 1.165) is 6.54 Å². The van der Waals surface area contributed by atoms with Gasteiger partial charge in [-0.05, 0) is 24.8 Å². The molecule has 1 spiro atoms. The number of nitrogens with zero attached hydrogens (tertiary/aromatic N) is 1. The second-order valence-electron chi connectivity index (χ2n) is 3.88. The maximum atomic E-state index is 5.10. The van der Waals surface area contributed by atoms with Crippen LogP contribution in [0.3, 0.4) is 0 Å². The van der Waals surface area contributed by atoms with Crippen LogP contribution >= 0.6 is 9.39 Å². The van der Waals surface area contributed by atoms with E-state index in [4.69, 9.17) is 4.74 Å². The van der Waals surface area contributed by atoms with E-state index in [-0.39, 0.29) is 0 Å². The summed E-state index contributed by atoms with van der Waals surface area (Å²) in [6, 6.07) is 0. The third-order valence-electron chi connectivity index (χ3n) is 2.97. The Morgan fingerprint density at radius 3 is 2.92 bits per heavy atom. The van der Waals surface area contributed by atoms with E-state index in [9.17, 15) is 0 Å². The summed E-state index contributed by atoms with van der Waals surface area (Å²) >= 11 is 0. The van der Waals surface area contributed by atoms with Gasteiger partial charge in [-0.3, -0.25) is 4.67 Å².